The van der Waals surface area contributed by atoms with Crippen molar-refractivity contribution in [3.05, 3.63) is 0 Å². The van der Waals surface area contributed by atoms with E-state index in [4.69, 9.17) is 8.43 Å². The Morgan fingerprint density at radius 3 is 1.44 bits per heavy atom. The molecule has 0 aromatic carbocycles. The Kier molecular flexibility index (Phi) is 8.81. The van der Waals surface area contributed by atoms with Crippen LogP contribution in [0, 0.1) is 0 Å². The molecule has 0 saturated heterocycles. The van der Waals surface area contributed by atoms with E-state index < -0.39 is 24.9 Å². The lowest BCUT2D eigenvalue weighted by atomic mass is 10.4. The van der Waals surface area contributed by atoms with Crippen LogP contribution in [0.25, 0.3) is 0 Å². The van der Waals surface area contributed by atoms with Gasteiger partial charge in [0.05, 0.1) is 0 Å². The highest BCUT2D eigenvalue weighted by atomic mass is 31.1. The summed E-state index contributed by atoms with van der Waals surface area (Å²) in [5, 5.41) is 0. The quantitative estimate of drug-likeness (QED) is 0.384. The maximum absolute atomic E-state index is 12.0. The van der Waals surface area contributed by atoms with Crippen molar-refractivity contribution in [2.75, 3.05) is 0 Å². The van der Waals surface area contributed by atoms with Crippen molar-refractivity contribution in [2.45, 2.75) is 77.8 Å². The summed E-state index contributed by atoms with van der Waals surface area (Å²) >= 11 is 0. The lowest BCUT2D eigenvalue weighted by molar-refractivity contribution is 0.406. The first kappa shape index (κ1) is 18.5. The van der Waals surface area contributed by atoms with E-state index in [1.165, 1.54) is 0 Å². The van der Waals surface area contributed by atoms with Crippen LogP contribution in [0.2, 0.25) is 38.3 Å². The van der Waals surface area contributed by atoms with Crippen molar-refractivity contribution in [3.63, 3.8) is 0 Å². The van der Waals surface area contributed by atoms with Crippen LogP contribution >= 0.6 is 8.25 Å². The monoisotopic (exact) mass is 309 g/mol. The number of hydrogen-bond acceptors (Lipinski definition) is 3. The number of unbranched alkanes of at least 4 members (excludes halogenated alkanes) is 2. The van der Waals surface area contributed by atoms with Gasteiger partial charge in [-0.2, -0.15) is 8.43 Å². The minimum Gasteiger partial charge on any atom is -0.176 e. The smallest absolute Gasteiger partial charge is 0.176 e. The third-order valence-corrected chi connectivity index (χ3v) is 11.2. The fourth-order valence-corrected chi connectivity index (χ4v) is 8.57. The van der Waals surface area contributed by atoms with Gasteiger partial charge >= 0.3 is 8.25 Å². The van der Waals surface area contributed by atoms with Gasteiger partial charge in [-0.05, 0) is 38.3 Å². The van der Waals surface area contributed by atoms with E-state index in [9.17, 15) is 4.57 Å². The van der Waals surface area contributed by atoms with Crippen molar-refractivity contribution in [3.8, 4) is 0 Å². The average Bonchev–Trinajstić information content (AvgIpc) is 2.22. The molecule has 3 nitrogen and oxygen atoms in total. The summed E-state index contributed by atoms with van der Waals surface area (Å²) in [4.78, 5) is 0. The zero-order valence-electron chi connectivity index (χ0n) is 12.9. The molecule has 0 unspecified atom stereocenters. The summed E-state index contributed by atoms with van der Waals surface area (Å²) in [7, 11) is -5.53. The standard InChI is InChI=1S/C12H30O3PSi2/c1-7-9-11-17(3,4)14-16(13)15-18(5,6)12-10-8-2/h7-12H2,1-6H3/q+1. The maximum atomic E-state index is 12.0. The van der Waals surface area contributed by atoms with Crippen LogP contribution in [0.4, 0.5) is 0 Å². The molecule has 0 amide bonds. The topological polar surface area (TPSA) is 35.5 Å². The van der Waals surface area contributed by atoms with Gasteiger partial charge in [0, 0.05) is 4.57 Å². The Hall–Kier alpha value is 0.454. The molecule has 0 bridgehead atoms. The molecule has 0 aliphatic carbocycles. The van der Waals surface area contributed by atoms with E-state index in [0.29, 0.717) is 0 Å². The predicted molar refractivity (Wildman–Crippen MR) is 84.2 cm³/mol. The molecule has 0 fully saturated rings. The van der Waals surface area contributed by atoms with E-state index in [0.717, 1.165) is 37.8 Å². The van der Waals surface area contributed by atoms with Crippen LogP contribution in [-0.2, 0) is 13.0 Å². The van der Waals surface area contributed by atoms with E-state index in [1.54, 1.807) is 0 Å². The highest BCUT2D eigenvalue weighted by molar-refractivity contribution is 7.38. The highest BCUT2D eigenvalue weighted by Gasteiger charge is 2.41. The Balaban J connectivity index is 4.16. The minimum absolute atomic E-state index is 1.06. The first-order chi connectivity index (χ1) is 8.22. The van der Waals surface area contributed by atoms with Crippen molar-refractivity contribution in [1.82, 2.24) is 0 Å². The molecule has 6 heteroatoms. The minimum atomic E-state index is -1.92. The third kappa shape index (κ3) is 9.39. The molecule has 0 aliphatic rings. The van der Waals surface area contributed by atoms with Crippen molar-refractivity contribution in [1.29, 1.82) is 0 Å². The molecule has 0 N–H and O–H groups in total. The second-order valence-corrected chi connectivity index (χ2v) is 16.1. The molecule has 0 aliphatic heterocycles. The molecule has 0 spiro atoms. The lowest BCUT2D eigenvalue weighted by Crippen LogP contribution is -2.31. The molecule has 0 radical (unpaired) electrons. The first-order valence-electron chi connectivity index (χ1n) is 7.08. The Labute approximate surface area is 116 Å². The molecular formula is C12H30O3PSi2+. The molecular weight excluding hydrogens is 279 g/mol. The van der Waals surface area contributed by atoms with Gasteiger partial charge < -0.3 is 0 Å². The van der Waals surface area contributed by atoms with Gasteiger partial charge in [0.2, 0.25) is 0 Å². The fraction of sp³-hybridized carbons (Fsp3) is 1.00. The molecule has 0 atom stereocenters. The number of rotatable bonds is 10. The summed E-state index contributed by atoms with van der Waals surface area (Å²) in [5.41, 5.74) is 0. The van der Waals surface area contributed by atoms with E-state index in [1.807, 2.05) is 0 Å². The number of hydrogen-bond donors (Lipinski definition) is 0. The van der Waals surface area contributed by atoms with Gasteiger partial charge in [-0.3, -0.25) is 0 Å². The summed E-state index contributed by atoms with van der Waals surface area (Å²) in [6.07, 6.45) is 4.63. The van der Waals surface area contributed by atoms with Gasteiger partial charge in [0.15, 0.2) is 0 Å². The molecule has 18 heavy (non-hydrogen) atoms. The lowest BCUT2D eigenvalue weighted by Gasteiger charge is -2.17. The van der Waals surface area contributed by atoms with E-state index >= 15 is 0 Å². The van der Waals surface area contributed by atoms with Crippen LogP contribution in [0.5, 0.6) is 0 Å². The fourth-order valence-electron chi connectivity index (χ4n) is 1.72. The van der Waals surface area contributed by atoms with Crippen LogP contribution in [-0.4, -0.2) is 16.6 Å². The first-order valence-corrected chi connectivity index (χ1v) is 14.4. The van der Waals surface area contributed by atoms with Gasteiger partial charge in [-0.1, -0.05) is 39.5 Å². The van der Waals surface area contributed by atoms with Crippen molar-refractivity contribution < 1.29 is 13.0 Å². The SMILES string of the molecule is CCCC[Si](C)(C)O[P+](=O)O[Si](C)(C)CCCC. The van der Waals surface area contributed by atoms with Crippen LogP contribution in [0.15, 0.2) is 0 Å². The second-order valence-electron chi connectivity index (χ2n) is 6.13. The molecule has 0 rings (SSSR count). The van der Waals surface area contributed by atoms with Crippen LogP contribution in [0.3, 0.4) is 0 Å². The average molecular weight is 310 g/mol. The van der Waals surface area contributed by atoms with Crippen molar-refractivity contribution in [2.24, 2.45) is 0 Å². The Morgan fingerprint density at radius 1 is 0.833 bits per heavy atom. The maximum Gasteiger partial charge on any atom is 0.673 e. The van der Waals surface area contributed by atoms with Gasteiger partial charge in [-0.25, -0.2) is 0 Å². The molecule has 0 aromatic heterocycles. The summed E-state index contributed by atoms with van der Waals surface area (Å²) in [5.74, 6) is 0. The van der Waals surface area contributed by atoms with Crippen LogP contribution in [0.1, 0.15) is 39.5 Å². The highest BCUT2D eigenvalue weighted by Crippen LogP contribution is 2.36. The summed E-state index contributed by atoms with van der Waals surface area (Å²) < 4.78 is 23.4. The second kappa shape index (κ2) is 8.59. The van der Waals surface area contributed by atoms with Gasteiger partial charge in [-0.15, -0.1) is 0 Å². The molecule has 108 valence electrons. The molecule has 0 heterocycles. The van der Waals surface area contributed by atoms with Gasteiger partial charge in [0.25, 0.3) is 16.6 Å². The normalized spacial score (nSPS) is 12.8. The zero-order chi connectivity index (χ0) is 14.2. The van der Waals surface area contributed by atoms with Gasteiger partial charge in [0.1, 0.15) is 0 Å². The van der Waals surface area contributed by atoms with E-state index in [2.05, 4.69) is 40.0 Å². The zero-order valence-corrected chi connectivity index (χ0v) is 15.8. The Bertz CT molecular complexity index is 234. The molecule has 0 saturated carbocycles. The largest absolute Gasteiger partial charge is 0.673 e. The molecule has 0 aromatic rings. The predicted octanol–water partition coefficient (Wildman–Crippen LogP) is 5.69. The Morgan fingerprint density at radius 2 is 1.17 bits per heavy atom. The van der Waals surface area contributed by atoms with E-state index in [-0.39, 0.29) is 0 Å². The van der Waals surface area contributed by atoms with Crippen LogP contribution < -0.4 is 0 Å². The third-order valence-electron chi connectivity index (χ3n) is 2.91. The van der Waals surface area contributed by atoms with Crippen molar-refractivity contribution >= 4 is 24.9 Å². The summed E-state index contributed by atoms with van der Waals surface area (Å²) in [6.45, 7) is 12.8. The summed E-state index contributed by atoms with van der Waals surface area (Å²) in [6, 6.07) is 2.12.